The van der Waals surface area contributed by atoms with E-state index < -0.39 is 11.9 Å². The van der Waals surface area contributed by atoms with Crippen molar-refractivity contribution >= 4 is 33.4 Å². The SMILES string of the molecule is CCOC(=O)C1=C(C)NC2=C(C(=O)c3ccccc32)[C@H]1c1ccc(OCC)c(Br)c1. The number of carbonyl (C=O) groups excluding carboxylic acids is 2. The van der Waals surface area contributed by atoms with Gasteiger partial charge < -0.3 is 14.8 Å². The summed E-state index contributed by atoms with van der Waals surface area (Å²) >= 11 is 3.56. The summed E-state index contributed by atoms with van der Waals surface area (Å²) in [6.45, 7) is 6.34. The fourth-order valence-electron chi connectivity index (χ4n) is 4.11. The van der Waals surface area contributed by atoms with Crippen LogP contribution in [0.5, 0.6) is 5.75 Å². The van der Waals surface area contributed by atoms with Crippen LogP contribution < -0.4 is 10.1 Å². The molecule has 2 aliphatic rings. The monoisotopic (exact) mass is 467 g/mol. The number of rotatable bonds is 5. The van der Waals surface area contributed by atoms with Gasteiger partial charge in [0.25, 0.3) is 0 Å². The second-order valence-electron chi connectivity index (χ2n) is 7.10. The van der Waals surface area contributed by atoms with E-state index in [2.05, 4.69) is 21.2 Å². The number of allylic oxidation sites excluding steroid dienone is 2. The number of hydrogen-bond acceptors (Lipinski definition) is 5. The van der Waals surface area contributed by atoms with Crippen molar-refractivity contribution < 1.29 is 19.1 Å². The normalized spacial score (nSPS) is 17.5. The van der Waals surface area contributed by atoms with Gasteiger partial charge in [-0.15, -0.1) is 0 Å². The van der Waals surface area contributed by atoms with Crippen LogP contribution in [0.15, 0.2) is 63.8 Å². The van der Waals surface area contributed by atoms with Gasteiger partial charge in [-0.05, 0) is 54.4 Å². The van der Waals surface area contributed by atoms with Crippen molar-refractivity contribution in [3.8, 4) is 5.75 Å². The number of nitrogens with one attached hydrogen (secondary N) is 1. The van der Waals surface area contributed by atoms with Gasteiger partial charge in [-0.2, -0.15) is 0 Å². The Morgan fingerprint density at radius 2 is 1.83 bits per heavy atom. The van der Waals surface area contributed by atoms with Crippen molar-refractivity contribution in [3.05, 3.63) is 80.5 Å². The standard InChI is InChI=1S/C24H22BrNO4/c1-4-29-18-11-10-14(12-17(18)25)20-19(24(28)30-5-2)13(3)26-22-15-8-6-7-9-16(15)23(27)21(20)22/h6-12,20,26H,4-5H2,1-3H3/t20-/m0/s1. The number of Topliss-reactive ketones (excluding diaryl/α,β-unsaturated/α-hetero) is 1. The minimum Gasteiger partial charge on any atom is -0.493 e. The Hall–Kier alpha value is -2.86. The molecular weight excluding hydrogens is 446 g/mol. The van der Waals surface area contributed by atoms with Crippen LogP contribution in [0.3, 0.4) is 0 Å². The first-order chi connectivity index (χ1) is 14.5. The molecule has 4 rings (SSSR count). The maximum absolute atomic E-state index is 13.4. The molecule has 0 fully saturated rings. The maximum atomic E-state index is 13.4. The highest BCUT2D eigenvalue weighted by molar-refractivity contribution is 9.10. The maximum Gasteiger partial charge on any atom is 0.336 e. The molecule has 30 heavy (non-hydrogen) atoms. The number of dihydropyridines is 1. The van der Waals surface area contributed by atoms with E-state index in [9.17, 15) is 9.59 Å². The lowest BCUT2D eigenvalue weighted by molar-refractivity contribution is -0.138. The fourth-order valence-corrected chi connectivity index (χ4v) is 4.62. The van der Waals surface area contributed by atoms with E-state index >= 15 is 0 Å². The highest BCUT2D eigenvalue weighted by atomic mass is 79.9. The minimum atomic E-state index is -0.535. The fraction of sp³-hybridized carbons (Fsp3) is 0.250. The Labute approximate surface area is 183 Å². The van der Waals surface area contributed by atoms with Gasteiger partial charge in [0.05, 0.1) is 29.0 Å². The number of fused-ring (bicyclic) bond motifs is 2. The molecule has 1 N–H and O–H groups in total. The summed E-state index contributed by atoms with van der Waals surface area (Å²) in [5.41, 5.74) is 4.79. The largest absolute Gasteiger partial charge is 0.493 e. The van der Waals surface area contributed by atoms with Gasteiger partial charge in [-0.3, -0.25) is 4.79 Å². The molecule has 0 aromatic heterocycles. The molecule has 154 valence electrons. The lowest BCUT2D eigenvalue weighted by Gasteiger charge is -2.29. The highest BCUT2D eigenvalue weighted by Gasteiger charge is 2.42. The van der Waals surface area contributed by atoms with Crippen molar-refractivity contribution in [3.63, 3.8) is 0 Å². The zero-order valence-electron chi connectivity index (χ0n) is 17.0. The van der Waals surface area contributed by atoms with Crippen LogP contribution in [0.2, 0.25) is 0 Å². The van der Waals surface area contributed by atoms with Gasteiger partial charge in [0.1, 0.15) is 5.75 Å². The Balaban J connectivity index is 1.90. The number of esters is 1. The summed E-state index contributed by atoms with van der Waals surface area (Å²) in [6.07, 6.45) is 0. The van der Waals surface area contributed by atoms with E-state index in [0.29, 0.717) is 34.8 Å². The minimum absolute atomic E-state index is 0.0718. The van der Waals surface area contributed by atoms with Gasteiger partial charge in [0.2, 0.25) is 0 Å². The second-order valence-corrected chi connectivity index (χ2v) is 7.96. The van der Waals surface area contributed by atoms with Gasteiger partial charge in [0.15, 0.2) is 5.78 Å². The van der Waals surface area contributed by atoms with Crippen LogP contribution in [0.1, 0.15) is 48.2 Å². The molecule has 6 heteroatoms. The molecule has 5 nitrogen and oxygen atoms in total. The summed E-state index contributed by atoms with van der Waals surface area (Å²) < 4.78 is 11.7. The Kier molecular flexibility index (Phi) is 5.52. The Bertz CT molecular complexity index is 1120. The van der Waals surface area contributed by atoms with Crippen LogP contribution in [0, 0.1) is 0 Å². The van der Waals surface area contributed by atoms with Crippen molar-refractivity contribution in [2.45, 2.75) is 26.7 Å². The summed E-state index contributed by atoms with van der Waals surface area (Å²) in [5, 5.41) is 3.30. The second kappa shape index (κ2) is 8.11. The number of carbonyl (C=O) groups is 2. The van der Waals surface area contributed by atoms with Crippen molar-refractivity contribution in [1.29, 1.82) is 0 Å². The van der Waals surface area contributed by atoms with Gasteiger partial charge >= 0.3 is 5.97 Å². The predicted octanol–water partition coefficient (Wildman–Crippen LogP) is 4.98. The quantitative estimate of drug-likeness (QED) is 0.628. The summed E-state index contributed by atoms with van der Waals surface area (Å²) in [5.74, 6) is -0.318. The van der Waals surface area contributed by atoms with E-state index in [0.717, 1.165) is 21.3 Å². The third-order valence-corrected chi connectivity index (χ3v) is 5.95. The molecule has 1 aliphatic carbocycles. The van der Waals surface area contributed by atoms with Crippen LogP contribution in [0.4, 0.5) is 0 Å². The van der Waals surface area contributed by atoms with Crippen molar-refractivity contribution in [1.82, 2.24) is 5.32 Å². The van der Waals surface area contributed by atoms with Crippen molar-refractivity contribution in [2.75, 3.05) is 13.2 Å². The molecule has 1 aliphatic heterocycles. The molecule has 0 unspecified atom stereocenters. The smallest absolute Gasteiger partial charge is 0.336 e. The molecule has 1 heterocycles. The lowest BCUT2D eigenvalue weighted by Crippen LogP contribution is -2.29. The molecule has 0 spiro atoms. The van der Waals surface area contributed by atoms with E-state index in [1.807, 2.05) is 56.3 Å². The van der Waals surface area contributed by atoms with Crippen molar-refractivity contribution in [2.24, 2.45) is 0 Å². The molecule has 0 radical (unpaired) electrons. The average molecular weight is 468 g/mol. The number of ketones is 1. The zero-order valence-corrected chi connectivity index (χ0v) is 18.6. The molecular formula is C24H22BrNO4. The predicted molar refractivity (Wildman–Crippen MR) is 118 cm³/mol. The third-order valence-electron chi connectivity index (χ3n) is 5.33. The molecule has 2 aromatic rings. The zero-order chi connectivity index (χ0) is 21.4. The lowest BCUT2D eigenvalue weighted by atomic mass is 9.80. The molecule has 2 aromatic carbocycles. The topological polar surface area (TPSA) is 64.6 Å². The first kappa shape index (κ1) is 20.4. The van der Waals surface area contributed by atoms with Crippen LogP contribution in [-0.4, -0.2) is 25.0 Å². The van der Waals surface area contributed by atoms with E-state index in [-0.39, 0.29) is 12.4 Å². The van der Waals surface area contributed by atoms with Gasteiger partial charge in [0, 0.05) is 28.3 Å². The first-order valence-corrected chi connectivity index (χ1v) is 10.7. The molecule has 0 saturated heterocycles. The van der Waals surface area contributed by atoms with Gasteiger partial charge in [-0.1, -0.05) is 30.3 Å². The number of hydrogen-bond donors (Lipinski definition) is 1. The van der Waals surface area contributed by atoms with E-state index in [4.69, 9.17) is 9.47 Å². The number of benzene rings is 2. The van der Waals surface area contributed by atoms with Crippen LogP contribution >= 0.6 is 15.9 Å². The summed E-state index contributed by atoms with van der Waals surface area (Å²) in [4.78, 5) is 26.3. The Morgan fingerprint density at radius 1 is 1.10 bits per heavy atom. The summed E-state index contributed by atoms with van der Waals surface area (Å²) in [6, 6.07) is 13.2. The van der Waals surface area contributed by atoms with Gasteiger partial charge in [-0.25, -0.2) is 4.79 Å². The first-order valence-electron chi connectivity index (χ1n) is 9.93. The molecule has 0 amide bonds. The average Bonchev–Trinajstić information content (AvgIpc) is 3.01. The van der Waals surface area contributed by atoms with E-state index in [1.54, 1.807) is 6.92 Å². The third kappa shape index (κ3) is 3.25. The van der Waals surface area contributed by atoms with E-state index in [1.165, 1.54) is 0 Å². The molecule has 0 bridgehead atoms. The number of halogens is 1. The van der Waals surface area contributed by atoms with Crippen LogP contribution in [0.25, 0.3) is 5.70 Å². The number of ether oxygens (including phenoxy) is 2. The highest BCUT2D eigenvalue weighted by Crippen LogP contribution is 2.47. The molecule has 0 saturated carbocycles. The van der Waals surface area contributed by atoms with Crippen LogP contribution in [-0.2, 0) is 9.53 Å². The molecule has 1 atom stereocenters. The Morgan fingerprint density at radius 3 is 2.50 bits per heavy atom. The summed E-state index contributed by atoms with van der Waals surface area (Å²) in [7, 11) is 0.